The van der Waals surface area contributed by atoms with Gasteiger partial charge in [0.1, 0.15) is 11.6 Å². The van der Waals surface area contributed by atoms with Gasteiger partial charge in [-0.15, -0.1) is 10.2 Å². The van der Waals surface area contributed by atoms with Crippen molar-refractivity contribution in [3.8, 4) is 11.6 Å². The summed E-state index contributed by atoms with van der Waals surface area (Å²) in [6.45, 7) is 3.09. The van der Waals surface area contributed by atoms with E-state index in [2.05, 4.69) is 37.6 Å². The van der Waals surface area contributed by atoms with Crippen LogP contribution in [0.5, 0.6) is 0 Å². The average Bonchev–Trinajstić information content (AvgIpc) is 3.43. The number of benzene rings is 1. The minimum atomic E-state index is -0.655. The van der Waals surface area contributed by atoms with E-state index in [1.54, 1.807) is 6.07 Å². The predicted octanol–water partition coefficient (Wildman–Crippen LogP) is 3.31. The van der Waals surface area contributed by atoms with Crippen molar-refractivity contribution in [2.24, 2.45) is 0 Å². The fraction of sp³-hybridized carbons (Fsp3) is 0.400. The second-order valence-corrected chi connectivity index (χ2v) is 8.22. The Bertz CT molecular complexity index is 1120. The molecule has 5 rings (SSSR count). The van der Waals surface area contributed by atoms with Crippen molar-refractivity contribution in [3.05, 3.63) is 46.2 Å². The van der Waals surface area contributed by atoms with Crippen LogP contribution < -0.4 is 10.2 Å². The van der Waals surface area contributed by atoms with Gasteiger partial charge in [-0.25, -0.2) is 8.78 Å². The molecule has 1 atom stereocenters. The monoisotopic (exact) mass is 447 g/mol. The fourth-order valence-electron chi connectivity index (χ4n) is 4.00. The maximum Gasteiger partial charge on any atom is 0.278 e. The summed E-state index contributed by atoms with van der Waals surface area (Å²) in [6, 6.07) is 3.86. The van der Waals surface area contributed by atoms with Gasteiger partial charge < -0.3 is 19.6 Å². The Balaban J connectivity index is 1.44. The van der Waals surface area contributed by atoms with E-state index in [4.69, 9.17) is 16.1 Å². The van der Waals surface area contributed by atoms with Crippen LogP contribution in [0, 0.1) is 11.6 Å². The molecule has 1 fully saturated rings. The van der Waals surface area contributed by atoms with Crippen molar-refractivity contribution >= 4 is 23.1 Å². The Kier molecular flexibility index (Phi) is 5.19. The van der Waals surface area contributed by atoms with Gasteiger partial charge >= 0.3 is 0 Å². The minimum absolute atomic E-state index is 0.0890. The number of likely N-dealkylation sites (N-methyl/N-ethyl adjacent to an activating group) is 1. The van der Waals surface area contributed by atoms with Gasteiger partial charge in [-0.2, -0.15) is 4.98 Å². The maximum absolute atomic E-state index is 14.3. The van der Waals surface area contributed by atoms with Gasteiger partial charge in [0.15, 0.2) is 17.3 Å². The highest BCUT2D eigenvalue weighted by atomic mass is 35.5. The molecule has 0 amide bonds. The van der Waals surface area contributed by atoms with Crippen LogP contribution in [0.3, 0.4) is 0 Å². The third kappa shape index (κ3) is 3.81. The molecular formula is C20H20ClF2N7O. The minimum Gasteiger partial charge on any atom is -0.365 e. The van der Waals surface area contributed by atoms with E-state index in [1.165, 1.54) is 0 Å². The topological polar surface area (TPSA) is 83.2 Å². The van der Waals surface area contributed by atoms with Crippen molar-refractivity contribution in [1.29, 1.82) is 0 Å². The van der Waals surface area contributed by atoms with E-state index in [1.807, 2.05) is 4.90 Å². The van der Waals surface area contributed by atoms with E-state index < -0.39 is 11.6 Å². The summed E-state index contributed by atoms with van der Waals surface area (Å²) < 4.78 is 33.6. The summed E-state index contributed by atoms with van der Waals surface area (Å²) in [4.78, 5) is 8.61. The van der Waals surface area contributed by atoms with Crippen molar-refractivity contribution in [2.75, 3.05) is 43.4 Å². The molecule has 0 bridgehead atoms. The number of hydrogen-bond acceptors (Lipinski definition) is 8. The number of nitrogens with one attached hydrogen (secondary N) is 1. The van der Waals surface area contributed by atoms with Gasteiger partial charge in [-0.05, 0) is 38.2 Å². The molecule has 2 aliphatic rings. The van der Waals surface area contributed by atoms with E-state index in [0.717, 1.165) is 31.6 Å². The van der Waals surface area contributed by atoms with E-state index in [-0.39, 0.29) is 28.9 Å². The molecule has 0 radical (unpaired) electrons. The SMILES string of the molecule is CN1CCC(c2noc(-c3cc4c(nn3)NCCN4Cc3c(F)ccc(F)c3Cl)n2)C1. The standard InChI is InChI=1S/C20H20ClF2N7O/c1-29-6-4-11(9-29)18-25-20(31-28-18)15-8-16-19(27-26-15)24-5-7-30(16)10-12-13(22)2-3-14(23)17(12)21/h2-3,8,11H,4-7,9-10H2,1H3,(H,24,27). The average molecular weight is 448 g/mol. The predicted molar refractivity (Wildman–Crippen MR) is 111 cm³/mol. The zero-order chi connectivity index (χ0) is 21.5. The van der Waals surface area contributed by atoms with Gasteiger partial charge in [-0.3, -0.25) is 0 Å². The maximum atomic E-state index is 14.3. The van der Waals surface area contributed by atoms with Crippen LogP contribution in [0.25, 0.3) is 11.6 Å². The molecule has 0 spiro atoms. The molecule has 2 aliphatic heterocycles. The number of halogens is 3. The van der Waals surface area contributed by atoms with Crippen molar-refractivity contribution in [1.82, 2.24) is 25.2 Å². The highest BCUT2D eigenvalue weighted by Crippen LogP contribution is 2.34. The highest BCUT2D eigenvalue weighted by Gasteiger charge is 2.27. The lowest BCUT2D eigenvalue weighted by atomic mass is 10.1. The first kappa shape index (κ1) is 20.1. The van der Waals surface area contributed by atoms with Crippen molar-refractivity contribution in [3.63, 3.8) is 0 Å². The first-order chi connectivity index (χ1) is 15.0. The van der Waals surface area contributed by atoms with Crippen LogP contribution in [-0.2, 0) is 6.54 Å². The molecule has 2 aromatic heterocycles. The zero-order valence-electron chi connectivity index (χ0n) is 16.8. The van der Waals surface area contributed by atoms with Crippen LogP contribution in [0.1, 0.15) is 23.7 Å². The Morgan fingerprint density at radius 1 is 1.23 bits per heavy atom. The third-order valence-electron chi connectivity index (χ3n) is 5.69. The van der Waals surface area contributed by atoms with Gasteiger partial charge in [0.25, 0.3) is 5.89 Å². The number of likely N-dealkylation sites (tertiary alicyclic amines) is 1. The molecule has 31 heavy (non-hydrogen) atoms. The molecule has 11 heteroatoms. The van der Waals surface area contributed by atoms with Gasteiger partial charge in [-0.1, -0.05) is 16.8 Å². The lowest BCUT2D eigenvalue weighted by molar-refractivity contribution is 0.396. The normalized spacial score (nSPS) is 18.8. The molecule has 1 aromatic carbocycles. The number of rotatable bonds is 4. The van der Waals surface area contributed by atoms with Gasteiger partial charge in [0.2, 0.25) is 0 Å². The number of hydrogen-bond donors (Lipinski definition) is 1. The van der Waals surface area contributed by atoms with Crippen LogP contribution in [0.2, 0.25) is 5.02 Å². The summed E-state index contributed by atoms with van der Waals surface area (Å²) in [5.41, 5.74) is 1.19. The van der Waals surface area contributed by atoms with Crippen LogP contribution in [0.15, 0.2) is 22.7 Å². The number of aromatic nitrogens is 4. The number of anilines is 2. The quantitative estimate of drug-likeness (QED) is 0.610. The van der Waals surface area contributed by atoms with Crippen LogP contribution >= 0.6 is 11.6 Å². The Hall–Kier alpha value is -2.85. The largest absolute Gasteiger partial charge is 0.365 e. The molecule has 1 saturated heterocycles. The molecule has 0 aliphatic carbocycles. The third-order valence-corrected chi connectivity index (χ3v) is 6.10. The Morgan fingerprint density at radius 2 is 2.06 bits per heavy atom. The van der Waals surface area contributed by atoms with Gasteiger partial charge in [0, 0.05) is 37.7 Å². The molecule has 162 valence electrons. The molecule has 8 nitrogen and oxygen atoms in total. The first-order valence-corrected chi connectivity index (χ1v) is 10.4. The highest BCUT2D eigenvalue weighted by molar-refractivity contribution is 6.31. The summed E-state index contributed by atoms with van der Waals surface area (Å²) in [5.74, 6) is 0.488. The first-order valence-electron chi connectivity index (χ1n) is 10.0. The smallest absolute Gasteiger partial charge is 0.278 e. The Labute approximate surface area is 182 Å². The van der Waals surface area contributed by atoms with Gasteiger partial charge in [0.05, 0.1) is 10.7 Å². The molecule has 3 aromatic rings. The van der Waals surface area contributed by atoms with Crippen LogP contribution in [0.4, 0.5) is 20.3 Å². The van der Waals surface area contributed by atoms with E-state index >= 15 is 0 Å². The van der Waals surface area contributed by atoms with Crippen molar-refractivity contribution < 1.29 is 13.3 Å². The number of fused-ring (bicyclic) bond motifs is 1. The fourth-order valence-corrected chi connectivity index (χ4v) is 4.22. The molecule has 1 unspecified atom stereocenters. The van der Waals surface area contributed by atoms with E-state index in [9.17, 15) is 8.78 Å². The summed E-state index contributed by atoms with van der Waals surface area (Å²) in [6.07, 6.45) is 0.975. The second-order valence-electron chi connectivity index (χ2n) is 7.84. The lowest BCUT2D eigenvalue weighted by Gasteiger charge is -2.31. The number of nitrogens with zero attached hydrogens (tertiary/aromatic N) is 6. The summed E-state index contributed by atoms with van der Waals surface area (Å²) in [7, 11) is 2.06. The van der Waals surface area contributed by atoms with Crippen molar-refractivity contribution in [2.45, 2.75) is 18.9 Å². The summed E-state index contributed by atoms with van der Waals surface area (Å²) in [5, 5.41) is 15.5. The lowest BCUT2D eigenvalue weighted by Crippen LogP contribution is -2.34. The van der Waals surface area contributed by atoms with E-state index in [0.29, 0.717) is 36.1 Å². The molecular weight excluding hydrogens is 428 g/mol. The molecule has 4 heterocycles. The molecule has 1 N–H and O–H groups in total. The second kappa shape index (κ2) is 8.01. The zero-order valence-corrected chi connectivity index (χ0v) is 17.5. The Morgan fingerprint density at radius 3 is 2.87 bits per heavy atom. The summed E-state index contributed by atoms with van der Waals surface area (Å²) >= 11 is 6.03. The molecule has 0 saturated carbocycles. The van der Waals surface area contributed by atoms with Crippen LogP contribution in [-0.4, -0.2) is 58.5 Å².